The van der Waals surface area contributed by atoms with Crippen LogP contribution in [0.25, 0.3) is 17.2 Å². The molecule has 4 aromatic heterocycles. The van der Waals surface area contributed by atoms with Gasteiger partial charge in [-0.1, -0.05) is 37.1 Å². The van der Waals surface area contributed by atoms with Gasteiger partial charge in [-0.05, 0) is 43.5 Å². The first-order chi connectivity index (χ1) is 13.8. The van der Waals surface area contributed by atoms with Crippen LogP contribution >= 0.6 is 11.8 Å². The minimum absolute atomic E-state index is 0.440. The van der Waals surface area contributed by atoms with E-state index in [2.05, 4.69) is 50.6 Å². The Hall–Kier alpha value is -2.54. The van der Waals surface area contributed by atoms with Crippen LogP contribution < -0.4 is 0 Å². The van der Waals surface area contributed by atoms with Crippen LogP contribution in [-0.2, 0) is 5.75 Å². The molecule has 4 heterocycles. The summed E-state index contributed by atoms with van der Waals surface area (Å²) in [7, 11) is 0. The summed E-state index contributed by atoms with van der Waals surface area (Å²) >= 11 is 1.70. The van der Waals surface area contributed by atoms with Gasteiger partial charge in [0.2, 0.25) is 5.82 Å². The summed E-state index contributed by atoms with van der Waals surface area (Å²) in [6, 6.07) is 8.45. The van der Waals surface area contributed by atoms with Gasteiger partial charge in [0.05, 0.1) is 12.0 Å². The lowest BCUT2D eigenvalue weighted by Crippen LogP contribution is -2.15. The minimum atomic E-state index is 0.440. The van der Waals surface area contributed by atoms with E-state index in [0.717, 1.165) is 33.8 Å². The van der Waals surface area contributed by atoms with Gasteiger partial charge in [0.25, 0.3) is 0 Å². The highest BCUT2D eigenvalue weighted by molar-refractivity contribution is 7.98. The van der Waals surface area contributed by atoms with Gasteiger partial charge in [0.1, 0.15) is 5.65 Å². The van der Waals surface area contributed by atoms with Gasteiger partial charge in [0.15, 0.2) is 10.9 Å². The summed E-state index contributed by atoms with van der Waals surface area (Å²) in [6.45, 7) is 2.09. The Balaban J connectivity index is 1.43. The lowest BCUT2D eigenvalue weighted by Gasteiger charge is -2.25. The number of hydrogen-bond donors (Lipinski definition) is 0. The summed E-state index contributed by atoms with van der Waals surface area (Å²) in [5.74, 6) is 2.39. The minimum Gasteiger partial charge on any atom is -0.461 e. The van der Waals surface area contributed by atoms with E-state index in [-0.39, 0.29) is 0 Å². The zero-order valence-corrected chi connectivity index (χ0v) is 16.7. The van der Waals surface area contributed by atoms with Crippen LogP contribution in [0.1, 0.15) is 49.4 Å². The predicted octanol–water partition coefficient (Wildman–Crippen LogP) is 5.29. The van der Waals surface area contributed by atoms with Gasteiger partial charge in [0, 0.05) is 24.2 Å². The van der Waals surface area contributed by atoms with Gasteiger partial charge in [-0.3, -0.25) is 4.57 Å². The molecule has 4 aromatic rings. The molecular formula is C21H23N5OS. The van der Waals surface area contributed by atoms with E-state index in [1.807, 2.05) is 12.1 Å². The summed E-state index contributed by atoms with van der Waals surface area (Å²) in [5.41, 5.74) is 3.25. The second-order valence-corrected chi connectivity index (χ2v) is 8.38. The summed E-state index contributed by atoms with van der Waals surface area (Å²) in [5, 5.41) is 9.94. The van der Waals surface area contributed by atoms with Crippen molar-refractivity contribution >= 4 is 17.4 Å². The van der Waals surface area contributed by atoms with Crippen molar-refractivity contribution in [3.8, 4) is 11.6 Å². The van der Waals surface area contributed by atoms with Gasteiger partial charge in [-0.15, -0.1) is 10.2 Å². The standard InChI is InChI=1S/C21H23N5OS/c1-15-9-10-19-22-16(13-25(19)12-15)14-28-21-24-23-20(18-8-5-11-27-18)26(21)17-6-3-2-4-7-17/h5,8-13,17H,2-4,6-7,14H2,1H3. The predicted molar refractivity (Wildman–Crippen MR) is 109 cm³/mol. The number of imidazole rings is 1. The normalized spacial score (nSPS) is 15.5. The average Bonchev–Trinajstić information content (AvgIpc) is 3.45. The van der Waals surface area contributed by atoms with Gasteiger partial charge in [-0.25, -0.2) is 4.98 Å². The number of aromatic nitrogens is 5. The molecule has 0 aliphatic heterocycles. The van der Waals surface area contributed by atoms with Crippen LogP contribution in [0, 0.1) is 6.92 Å². The number of fused-ring (bicyclic) bond motifs is 1. The Morgan fingerprint density at radius 2 is 2.00 bits per heavy atom. The number of thioether (sulfide) groups is 1. The fourth-order valence-electron chi connectivity index (χ4n) is 3.98. The molecule has 28 heavy (non-hydrogen) atoms. The number of rotatable bonds is 5. The van der Waals surface area contributed by atoms with Crippen molar-refractivity contribution in [2.24, 2.45) is 0 Å². The monoisotopic (exact) mass is 393 g/mol. The summed E-state index contributed by atoms with van der Waals surface area (Å²) < 4.78 is 10.0. The Kier molecular flexibility index (Phi) is 4.68. The third-order valence-corrected chi connectivity index (χ3v) is 6.32. The molecule has 0 spiro atoms. The molecule has 5 rings (SSSR count). The van der Waals surface area contributed by atoms with E-state index in [0.29, 0.717) is 6.04 Å². The Bertz CT molecular complexity index is 1080. The highest BCUT2D eigenvalue weighted by Crippen LogP contribution is 2.36. The molecule has 1 aliphatic rings. The first kappa shape index (κ1) is 17.6. The second kappa shape index (κ2) is 7.47. The van der Waals surface area contributed by atoms with Crippen LogP contribution in [0.5, 0.6) is 0 Å². The highest BCUT2D eigenvalue weighted by Gasteiger charge is 2.25. The van der Waals surface area contributed by atoms with Crippen molar-refractivity contribution in [2.45, 2.75) is 56.0 Å². The van der Waals surface area contributed by atoms with Crippen molar-refractivity contribution in [1.29, 1.82) is 0 Å². The molecule has 0 saturated heterocycles. The number of aryl methyl sites for hydroxylation is 1. The zero-order valence-electron chi connectivity index (χ0n) is 15.9. The van der Waals surface area contributed by atoms with Crippen molar-refractivity contribution in [1.82, 2.24) is 24.1 Å². The zero-order chi connectivity index (χ0) is 18.9. The molecular weight excluding hydrogens is 370 g/mol. The smallest absolute Gasteiger partial charge is 0.200 e. The first-order valence-electron chi connectivity index (χ1n) is 9.84. The van der Waals surface area contributed by atoms with Crippen molar-refractivity contribution in [3.05, 3.63) is 54.2 Å². The van der Waals surface area contributed by atoms with Crippen LogP contribution in [0.2, 0.25) is 0 Å². The molecule has 6 nitrogen and oxygen atoms in total. The third-order valence-electron chi connectivity index (χ3n) is 5.34. The van der Waals surface area contributed by atoms with E-state index >= 15 is 0 Å². The van der Waals surface area contributed by atoms with E-state index in [9.17, 15) is 0 Å². The number of furan rings is 1. The molecule has 0 radical (unpaired) electrons. The van der Waals surface area contributed by atoms with E-state index in [1.165, 1.54) is 37.7 Å². The fraction of sp³-hybridized carbons (Fsp3) is 0.381. The average molecular weight is 394 g/mol. The van der Waals surface area contributed by atoms with Gasteiger partial charge >= 0.3 is 0 Å². The lowest BCUT2D eigenvalue weighted by molar-refractivity contribution is 0.337. The topological polar surface area (TPSA) is 61.2 Å². The quantitative estimate of drug-likeness (QED) is 0.431. The number of pyridine rings is 1. The number of nitrogens with zero attached hydrogens (tertiary/aromatic N) is 5. The highest BCUT2D eigenvalue weighted by atomic mass is 32.2. The molecule has 1 fully saturated rings. The van der Waals surface area contributed by atoms with Gasteiger partial charge < -0.3 is 8.82 Å². The maximum Gasteiger partial charge on any atom is 0.200 e. The largest absolute Gasteiger partial charge is 0.461 e. The summed E-state index contributed by atoms with van der Waals surface area (Å²) in [4.78, 5) is 4.73. The summed E-state index contributed by atoms with van der Waals surface area (Å²) in [6.07, 6.45) is 12.1. The van der Waals surface area contributed by atoms with Gasteiger partial charge in [-0.2, -0.15) is 0 Å². The molecule has 0 atom stereocenters. The molecule has 0 aromatic carbocycles. The SMILES string of the molecule is Cc1ccc2nc(CSc3nnc(-c4ccco4)n3C3CCCCC3)cn2c1. The van der Waals surface area contributed by atoms with Crippen LogP contribution in [0.4, 0.5) is 0 Å². The molecule has 1 aliphatic carbocycles. The molecule has 0 bridgehead atoms. The molecule has 144 valence electrons. The molecule has 0 N–H and O–H groups in total. The van der Waals surface area contributed by atoms with E-state index in [4.69, 9.17) is 9.40 Å². The van der Waals surface area contributed by atoms with Crippen molar-refractivity contribution < 1.29 is 4.42 Å². The maximum atomic E-state index is 5.63. The Labute approximate surface area is 168 Å². The molecule has 7 heteroatoms. The molecule has 0 unspecified atom stereocenters. The first-order valence-corrected chi connectivity index (χ1v) is 10.8. The number of hydrogen-bond acceptors (Lipinski definition) is 5. The van der Waals surface area contributed by atoms with E-state index in [1.54, 1.807) is 18.0 Å². The molecule has 0 amide bonds. The van der Waals surface area contributed by atoms with Crippen LogP contribution in [0.3, 0.4) is 0 Å². The van der Waals surface area contributed by atoms with Crippen molar-refractivity contribution in [3.63, 3.8) is 0 Å². The van der Waals surface area contributed by atoms with Crippen LogP contribution in [-0.4, -0.2) is 24.1 Å². The molecule has 1 saturated carbocycles. The van der Waals surface area contributed by atoms with Crippen molar-refractivity contribution in [2.75, 3.05) is 0 Å². The second-order valence-electron chi connectivity index (χ2n) is 7.44. The van der Waals surface area contributed by atoms with Crippen LogP contribution in [0.15, 0.2) is 52.5 Å². The Morgan fingerprint density at radius 1 is 1.11 bits per heavy atom. The fourth-order valence-corrected chi connectivity index (χ4v) is 4.87. The third kappa shape index (κ3) is 3.35. The lowest BCUT2D eigenvalue weighted by atomic mass is 9.95. The maximum absolute atomic E-state index is 5.63. The Morgan fingerprint density at radius 3 is 2.82 bits per heavy atom. The van der Waals surface area contributed by atoms with E-state index < -0.39 is 0 Å².